The van der Waals surface area contributed by atoms with Crippen LogP contribution in [-0.2, 0) is 0 Å². The van der Waals surface area contributed by atoms with Gasteiger partial charge in [-0.25, -0.2) is 4.39 Å². The van der Waals surface area contributed by atoms with Crippen LogP contribution in [0.1, 0.15) is 47.9 Å². The maximum Gasteiger partial charge on any atom is 0.124 e. The van der Waals surface area contributed by atoms with Crippen molar-refractivity contribution in [1.29, 1.82) is 0 Å². The molecule has 20 heavy (non-hydrogen) atoms. The van der Waals surface area contributed by atoms with E-state index in [0.717, 1.165) is 17.0 Å². The normalized spacial score (nSPS) is 16.8. The maximum absolute atomic E-state index is 13.1. The minimum atomic E-state index is -0.341. The van der Waals surface area contributed by atoms with Gasteiger partial charge in [0.05, 0.1) is 6.04 Å². The monoisotopic (exact) mass is 289 g/mol. The summed E-state index contributed by atoms with van der Waals surface area (Å²) in [5.41, 5.74) is 9.38. The molecular formula is C17H17ClFN. The van der Waals surface area contributed by atoms with E-state index >= 15 is 0 Å². The zero-order chi connectivity index (χ0) is 14.1. The van der Waals surface area contributed by atoms with Crippen molar-refractivity contribution < 1.29 is 4.39 Å². The molecule has 1 aliphatic rings. The van der Waals surface area contributed by atoms with E-state index in [1.54, 1.807) is 6.07 Å². The average Bonchev–Trinajstić information content (AvgIpc) is 2.37. The van der Waals surface area contributed by atoms with E-state index in [1.807, 2.05) is 0 Å². The van der Waals surface area contributed by atoms with Crippen molar-refractivity contribution in [2.45, 2.75) is 31.2 Å². The van der Waals surface area contributed by atoms with E-state index in [4.69, 9.17) is 17.3 Å². The molecule has 1 nitrogen and oxygen atoms in total. The van der Waals surface area contributed by atoms with Gasteiger partial charge in [-0.15, -0.1) is 0 Å². The number of nitrogens with two attached hydrogens (primary N) is 1. The standard InChI is InChI=1S/C17H17ClFN/c18-16-10-14(19)8-9-15(16)17(20)13-6-4-12(5-7-13)11-2-1-3-11/h4-11,17H,1-3,20H2. The second kappa shape index (κ2) is 5.55. The molecule has 2 aromatic carbocycles. The van der Waals surface area contributed by atoms with Crippen LogP contribution < -0.4 is 5.73 Å². The van der Waals surface area contributed by atoms with Gasteiger partial charge in [0, 0.05) is 5.02 Å². The third-order valence-corrected chi connectivity index (χ3v) is 4.50. The molecule has 0 aliphatic heterocycles. The first-order chi connectivity index (χ1) is 9.65. The summed E-state index contributed by atoms with van der Waals surface area (Å²) < 4.78 is 13.1. The topological polar surface area (TPSA) is 26.0 Å². The van der Waals surface area contributed by atoms with Gasteiger partial charge >= 0.3 is 0 Å². The minimum absolute atomic E-state index is 0.321. The molecule has 1 aliphatic carbocycles. The van der Waals surface area contributed by atoms with Crippen molar-refractivity contribution in [1.82, 2.24) is 0 Å². The van der Waals surface area contributed by atoms with Gasteiger partial charge in [0.1, 0.15) is 5.82 Å². The summed E-state index contributed by atoms with van der Waals surface area (Å²) in [6.07, 6.45) is 3.90. The molecule has 1 fully saturated rings. The summed E-state index contributed by atoms with van der Waals surface area (Å²) in [5, 5.41) is 0.376. The van der Waals surface area contributed by atoms with Crippen LogP contribution in [0.3, 0.4) is 0 Å². The van der Waals surface area contributed by atoms with Gasteiger partial charge in [-0.3, -0.25) is 0 Å². The van der Waals surface area contributed by atoms with Crippen LogP contribution in [0, 0.1) is 5.82 Å². The number of hydrogen-bond acceptors (Lipinski definition) is 1. The Morgan fingerprint density at radius 1 is 1.10 bits per heavy atom. The molecule has 0 radical (unpaired) electrons. The Hall–Kier alpha value is -1.38. The lowest BCUT2D eigenvalue weighted by molar-refractivity contribution is 0.419. The van der Waals surface area contributed by atoms with Gasteiger partial charge in [0.15, 0.2) is 0 Å². The predicted octanol–water partition coefficient (Wildman–Crippen LogP) is 4.79. The number of benzene rings is 2. The van der Waals surface area contributed by atoms with Crippen molar-refractivity contribution in [2.24, 2.45) is 5.73 Å². The van der Waals surface area contributed by atoms with Crippen molar-refractivity contribution in [3.8, 4) is 0 Å². The fourth-order valence-electron chi connectivity index (χ4n) is 2.65. The third kappa shape index (κ3) is 2.58. The molecule has 1 unspecified atom stereocenters. The van der Waals surface area contributed by atoms with E-state index in [-0.39, 0.29) is 11.9 Å². The molecular weight excluding hydrogens is 273 g/mol. The largest absolute Gasteiger partial charge is 0.320 e. The van der Waals surface area contributed by atoms with Crippen LogP contribution in [0.25, 0.3) is 0 Å². The van der Waals surface area contributed by atoms with Crippen LogP contribution in [0.4, 0.5) is 4.39 Å². The smallest absolute Gasteiger partial charge is 0.124 e. The molecule has 0 aromatic heterocycles. The molecule has 0 amide bonds. The van der Waals surface area contributed by atoms with Gasteiger partial charge in [0.25, 0.3) is 0 Å². The maximum atomic E-state index is 13.1. The molecule has 0 saturated heterocycles. The highest BCUT2D eigenvalue weighted by molar-refractivity contribution is 6.31. The Balaban J connectivity index is 1.84. The molecule has 0 heterocycles. The average molecular weight is 290 g/mol. The second-order valence-corrected chi connectivity index (χ2v) is 5.85. The second-order valence-electron chi connectivity index (χ2n) is 5.44. The van der Waals surface area contributed by atoms with Crippen LogP contribution in [0.15, 0.2) is 42.5 Å². The molecule has 3 rings (SSSR count). The highest BCUT2D eigenvalue weighted by atomic mass is 35.5. The first kappa shape index (κ1) is 13.6. The van der Waals surface area contributed by atoms with Crippen molar-refractivity contribution in [3.05, 3.63) is 70.0 Å². The Labute approximate surface area is 123 Å². The van der Waals surface area contributed by atoms with Crippen LogP contribution in [0.5, 0.6) is 0 Å². The fraction of sp³-hybridized carbons (Fsp3) is 0.294. The Kier molecular flexibility index (Phi) is 3.77. The fourth-order valence-corrected chi connectivity index (χ4v) is 2.94. The molecule has 0 bridgehead atoms. The zero-order valence-electron chi connectivity index (χ0n) is 11.2. The molecule has 2 aromatic rings. The first-order valence-electron chi connectivity index (χ1n) is 6.95. The molecule has 1 saturated carbocycles. The first-order valence-corrected chi connectivity index (χ1v) is 7.33. The van der Waals surface area contributed by atoms with E-state index in [9.17, 15) is 4.39 Å². The lowest BCUT2D eigenvalue weighted by Crippen LogP contribution is -2.13. The highest BCUT2D eigenvalue weighted by Crippen LogP contribution is 2.37. The van der Waals surface area contributed by atoms with Crippen LogP contribution in [0.2, 0.25) is 5.02 Å². The summed E-state index contributed by atoms with van der Waals surface area (Å²) in [4.78, 5) is 0. The van der Waals surface area contributed by atoms with Crippen molar-refractivity contribution >= 4 is 11.6 Å². The zero-order valence-corrected chi connectivity index (χ0v) is 11.9. The summed E-state index contributed by atoms with van der Waals surface area (Å²) in [7, 11) is 0. The van der Waals surface area contributed by atoms with Gasteiger partial charge < -0.3 is 5.73 Å². The SMILES string of the molecule is NC(c1ccc(C2CCC2)cc1)c1ccc(F)cc1Cl. The van der Waals surface area contributed by atoms with Gasteiger partial charge in [-0.2, -0.15) is 0 Å². The summed E-state index contributed by atoms with van der Waals surface area (Å²) in [5.74, 6) is 0.376. The molecule has 3 heteroatoms. The summed E-state index contributed by atoms with van der Waals surface area (Å²) >= 11 is 6.07. The third-order valence-electron chi connectivity index (χ3n) is 4.17. The van der Waals surface area contributed by atoms with Crippen LogP contribution >= 0.6 is 11.6 Å². The molecule has 0 spiro atoms. The van der Waals surface area contributed by atoms with Gasteiger partial charge in [-0.05, 0) is 47.6 Å². The van der Waals surface area contributed by atoms with E-state index in [1.165, 1.54) is 37.0 Å². The lowest BCUT2D eigenvalue weighted by Gasteiger charge is -2.26. The van der Waals surface area contributed by atoms with Crippen molar-refractivity contribution in [2.75, 3.05) is 0 Å². The summed E-state index contributed by atoms with van der Waals surface area (Å²) in [6.45, 7) is 0. The number of halogens is 2. The molecule has 2 N–H and O–H groups in total. The van der Waals surface area contributed by atoms with Gasteiger partial charge in [-0.1, -0.05) is 48.4 Å². The Bertz CT molecular complexity index is 605. The quantitative estimate of drug-likeness (QED) is 0.863. The summed E-state index contributed by atoms with van der Waals surface area (Å²) in [6, 6.07) is 12.4. The van der Waals surface area contributed by atoms with E-state index in [2.05, 4.69) is 24.3 Å². The Morgan fingerprint density at radius 3 is 2.35 bits per heavy atom. The Morgan fingerprint density at radius 2 is 1.80 bits per heavy atom. The van der Waals surface area contributed by atoms with E-state index in [0.29, 0.717) is 5.02 Å². The highest BCUT2D eigenvalue weighted by Gasteiger charge is 2.20. The number of rotatable bonds is 3. The molecule has 1 atom stereocenters. The van der Waals surface area contributed by atoms with E-state index < -0.39 is 0 Å². The molecule has 104 valence electrons. The lowest BCUT2D eigenvalue weighted by atomic mass is 9.79. The van der Waals surface area contributed by atoms with Gasteiger partial charge in [0.2, 0.25) is 0 Å². The number of hydrogen-bond donors (Lipinski definition) is 1. The van der Waals surface area contributed by atoms with Crippen LogP contribution in [-0.4, -0.2) is 0 Å². The van der Waals surface area contributed by atoms with Crippen molar-refractivity contribution in [3.63, 3.8) is 0 Å². The minimum Gasteiger partial charge on any atom is -0.320 e. The predicted molar refractivity (Wildman–Crippen MR) is 80.5 cm³/mol.